The van der Waals surface area contributed by atoms with Gasteiger partial charge in [0.05, 0.1) is 16.3 Å². The van der Waals surface area contributed by atoms with Crippen LogP contribution in [0.5, 0.6) is 0 Å². The van der Waals surface area contributed by atoms with Gasteiger partial charge in [-0.15, -0.1) is 0 Å². The third-order valence-electron chi connectivity index (χ3n) is 2.62. The first-order chi connectivity index (χ1) is 8.51. The Bertz CT molecular complexity index is 429. The Morgan fingerprint density at radius 1 is 1.33 bits per heavy atom. The number of carbonyl (C=O) groups is 1. The Morgan fingerprint density at radius 2 is 1.89 bits per heavy atom. The molecule has 0 unspecified atom stereocenters. The zero-order valence-electron chi connectivity index (χ0n) is 10.7. The largest absolute Gasteiger partial charge is 0.478 e. The van der Waals surface area contributed by atoms with E-state index < -0.39 is 5.97 Å². The van der Waals surface area contributed by atoms with E-state index in [4.69, 9.17) is 17.3 Å². The van der Waals surface area contributed by atoms with Crippen LogP contribution in [0.2, 0.25) is 5.02 Å². The maximum atomic E-state index is 11.3. The van der Waals surface area contributed by atoms with Gasteiger partial charge in [0.2, 0.25) is 0 Å². The highest BCUT2D eigenvalue weighted by Crippen LogP contribution is 2.33. The van der Waals surface area contributed by atoms with Crippen LogP contribution in [-0.4, -0.2) is 24.2 Å². The van der Waals surface area contributed by atoms with Crippen molar-refractivity contribution in [1.29, 1.82) is 0 Å². The molecule has 0 fully saturated rings. The predicted octanol–water partition coefficient (Wildman–Crippen LogP) is 3.25. The number of nitrogen functional groups attached to an aromatic ring is 1. The van der Waals surface area contributed by atoms with Crippen molar-refractivity contribution in [2.24, 2.45) is 0 Å². The van der Waals surface area contributed by atoms with Crippen LogP contribution >= 0.6 is 11.6 Å². The third-order valence-corrected chi connectivity index (χ3v) is 2.91. The molecule has 5 heteroatoms. The molecule has 1 rings (SSSR count). The molecule has 1 aromatic carbocycles. The van der Waals surface area contributed by atoms with Crippen LogP contribution in [0, 0.1) is 0 Å². The van der Waals surface area contributed by atoms with E-state index in [-0.39, 0.29) is 5.56 Å². The van der Waals surface area contributed by atoms with E-state index in [1.807, 2.05) is 18.7 Å². The van der Waals surface area contributed by atoms with Gasteiger partial charge in [-0.05, 0) is 25.0 Å². The molecule has 3 N–H and O–H groups in total. The van der Waals surface area contributed by atoms with Gasteiger partial charge >= 0.3 is 5.97 Å². The standard InChI is InChI=1S/C13H19ClN2O2/c1-3-5-16(6-4-2)12-10(13(17)18)7-9(15)8-11(12)14/h7-8H,3-6,15H2,1-2H3,(H,17,18). The highest BCUT2D eigenvalue weighted by Gasteiger charge is 2.19. The predicted molar refractivity (Wildman–Crippen MR) is 75.6 cm³/mol. The maximum Gasteiger partial charge on any atom is 0.337 e. The average Bonchev–Trinajstić information content (AvgIpc) is 2.27. The second-order valence-corrected chi connectivity index (χ2v) is 4.60. The van der Waals surface area contributed by atoms with Gasteiger partial charge in [0.25, 0.3) is 0 Å². The molecule has 0 aliphatic rings. The first-order valence-electron chi connectivity index (χ1n) is 6.08. The molecule has 18 heavy (non-hydrogen) atoms. The minimum atomic E-state index is -1.00. The number of hydrogen-bond acceptors (Lipinski definition) is 3. The molecule has 0 heterocycles. The molecule has 0 amide bonds. The first-order valence-corrected chi connectivity index (χ1v) is 6.46. The van der Waals surface area contributed by atoms with Crippen molar-refractivity contribution in [3.63, 3.8) is 0 Å². The van der Waals surface area contributed by atoms with Crippen LogP contribution in [0.3, 0.4) is 0 Å². The molecule has 0 bridgehead atoms. The summed E-state index contributed by atoms with van der Waals surface area (Å²) in [5.41, 5.74) is 6.76. The second-order valence-electron chi connectivity index (χ2n) is 4.19. The third kappa shape index (κ3) is 3.29. The fraction of sp³-hybridized carbons (Fsp3) is 0.462. The molecule has 0 saturated heterocycles. The summed E-state index contributed by atoms with van der Waals surface area (Å²) in [5, 5.41) is 9.66. The number of nitrogens with zero attached hydrogens (tertiary/aromatic N) is 1. The topological polar surface area (TPSA) is 66.6 Å². The van der Waals surface area contributed by atoms with Gasteiger partial charge < -0.3 is 15.7 Å². The molecule has 0 saturated carbocycles. The summed E-state index contributed by atoms with van der Waals surface area (Å²) < 4.78 is 0. The highest BCUT2D eigenvalue weighted by atomic mass is 35.5. The number of halogens is 1. The van der Waals surface area contributed by atoms with Crippen molar-refractivity contribution < 1.29 is 9.90 Å². The molecule has 0 aliphatic carbocycles. The van der Waals surface area contributed by atoms with E-state index in [0.29, 0.717) is 16.4 Å². The van der Waals surface area contributed by atoms with Gasteiger partial charge in [-0.25, -0.2) is 4.79 Å². The number of anilines is 2. The van der Waals surface area contributed by atoms with E-state index in [2.05, 4.69) is 0 Å². The summed E-state index contributed by atoms with van der Waals surface area (Å²) in [6.45, 7) is 5.65. The average molecular weight is 271 g/mol. The molecule has 0 atom stereocenters. The van der Waals surface area contributed by atoms with Crippen LogP contribution in [0.25, 0.3) is 0 Å². The minimum Gasteiger partial charge on any atom is -0.478 e. The van der Waals surface area contributed by atoms with Gasteiger partial charge in [-0.3, -0.25) is 0 Å². The molecular weight excluding hydrogens is 252 g/mol. The van der Waals surface area contributed by atoms with E-state index in [1.165, 1.54) is 6.07 Å². The van der Waals surface area contributed by atoms with Crippen molar-refractivity contribution in [1.82, 2.24) is 0 Å². The second kappa shape index (κ2) is 6.50. The van der Waals surface area contributed by atoms with Crippen molar-refractivity contribution in [3.8, 4) is 0 Å². The van der Waals surface area contributed by atoms with E-state index in [9.17, 15) is 9.90 Å². The lowest BCUT2D eigenvalue weighted by molar-refractivity contribution is 0.0697. The Morgan fingerprint density at radius 3 is 2.33 bits per heavy atom. The number of carboxylic acid groups (broad SMARTS) is 1. The molecular formula is C13H19ClN2O2. The lowest BCUT2D eigenvalue weighted by Crippen LogP contribution is -2.27. The van der Waals surface area contributed by atoms with Crippen LogP contribution in [0.1, 0.15) is 37.0 Å². The Kier molecular flexibility index (Phi) is 5.28. The molecule has 0 aliphatic heterocycles. The molecule has 4 nitrogen and oxygen atoms in total. The van der Waals surface area contributed by atoms with Crippen LogP contribution in [-0.2, 0) is 0 Å². The van der Waals surface area contributed by atoms with Crippen molar-refractivity contribution in [3.05, 3.63) is 22.7 Å². The quantitative estimate of drug-likeness (QED) is 0.779. The monoisotopic (exact) mass is 270 g/mol. The number of rotatable bonds is 6. The summed E-state index contributed by atoms with van der Waals surface area (Å²) in [6.07, 6.45) is 1.86. The SMILES string of the molecule is CCCN(CCC)c1c(Cl)cc(N)cc1C(=O)O. The lowest BCUT2D eigenvalue weighted by atomic mass is 10.1. The summed E-state index contributed by atoms with van der Waals surface area (Å²) in [5.74, 6) is -1.00. The Hall–Kier alpha value is -1.42. The highest BCUT2D eigenvalue weighted by molar-refractivity contribution is 6.34. The van der Waals surface area contributed by atoms with Gasteiger partial charge in [0, 0.05) is 18.8 Å². The summed E-state index contributed by atoms with van der Waals surface area (Å²) in [6, 6.07) is 3.06. The maximum absolute atomic E-state index is 11.3. The number of hydrogen-bond donors (Lipinski definition) is 2. The van der Waals surface area contributed by atoms with Crippen molar-refractivity contribution in [2.45, 2.75) is 26.7 Å². The molecule has 100 valence electrons. The van der Waals surface area contributed by atoms with Crippen LogP contribution < -0.4 is 10.6 Å². The summed E-state index contributed by atoms with van der Waals surface area (Å²) >= 11 is 6.16. The van der Waals surface area contributed by atoms with Gasteiger partial charge in [0.15, 0.2) is 0 Å². The van der Waals surface area contributed by atoms with E-state index >= 15 is 0 Å². The smallest absolute Gasteiger partial charge is 0.337 e. The molecule has 0 radical (unpaired) electrons. The zero-order valence-corrected chi connectivity index (χ0v) is 11.5. The number of nitrogens with two attached hydrogens (primary N) is 1. The normalized spacial score (nSPS) is 10.4. The van der Waals surface area contributed by atoms with Gasteiger partial charge in [-0.2, -0.15) is 0 Å². The molecule has 1 aromatic rings. The number of aromatic carboxylic acids is 1. The minimum absolute atomic E-state index is 0.168. The van der Waals surface area contributed by atoms with E-state index in [0.717, 1.165) is 25.9 Å². The van der Waals surface area contributed by atoms with E-state index in [1.54, 1.807) is 6.07 Å². The van der Waals surface area contributed by atoms with Crippen molar-refractivity contribution in [2.75, 3.05) is 23.7 Å². The van der Waals surface area contributed by atoms with Gasteiger partial charge in [-0.1, -0.05) is 25.4 Å². The first kappa shape index (κ1) is 14.6. The Labute approximate surface area is 112 Å². The molecule has 0 aromatic heterocycles. The van der Waals surface area contributed by atoms with Crippen LogP contribution in [0.15, 0.2) is 12.1 Å². The fourth-order valence-corrected chi connectivity index (χ4v) is 2.33. The lowest BCUT2D eigenvalue weighted by Gasteiger charge is -2.26. The Balaban J connectivity index is 3.30. The summed E-state index contributed by atoms with van der Waals surface area (Å²) in [4.78, 5) is 13.3. The van der Waals surface area contributed by atoms with Crippen LogP contribution in [0.4, 0.5) is 11.4 Å². The summed E-state index contributed by atoms with van der Waals surface area (Å²) in [7, 11) is 0. The van der Waals surface area contributed by atoms with Crippen molar-refractivity contribution >= 4 is 28.9 Å². The fourth-order valence-electron chi connectivity index (χ4n) is 1.98. The molecule has 0 spiro atoms. The van der Waals surface area contributed by atoms with Gasteiger partial charge in [0.1, 0.15) is 0 Å². The zero-order chi connectivity index (χ0) is 13.7. The number of benzene rings is 1. The number of carboxylic acids is 1.